The molecule has 0 aliphatic carbocycles. The second kappa shape index (κ2) is 6.33. The Labute approximate surface area is 105 Å². The third-order valence-corrected chi connectivity index (χ3v) is 2.34. The summed E-state index contributed by atoms with van der Waals surface area (Å²) in [6, 6.07) is 4.75. The maximum absolute atomic E-state index is 9.55. The third-order valence-electron chi connectivity index (χ3n) is 2.34. The highest BCUT2D eigenvalue weighted by atomic mass is 16.5. The van der Waals surface area contributed by atoms with Gasteiger partial charge in [-0.05, 0) is 6.42 Å². The third kappa shape index (κ3) is 2.82. The molecule has 0 radical (unpaired) electrons. The molecule has 0 atom stereocenters. The lowest BCUT2D eigenvalue weighted by molar-refractivity contribution is 0.198. The van der Waals surface area contributed by atoms with Crippen LogP contribution in [0.3, 0.4) is 0 Å². The first-order valence-corrected chi connectivity index (χ1v) is 5.27. The molecule has 0 aromatic heterocycles. The highest BCUT2D eigenvalue weighted by molar-refractivity contribution is 5.74. The number of hydrogen-bond donors (Lipinski definition) is 3. The number of ether oxygens (including phenoxy) is 1. The number of nitrogens with one attached hydrogen (secondary N) is 1. The molecule has 0 fully saturated rings. The Morgan fingerprint density at radius 3 is 2.61 bits per heavy atom. The van der Waals surface area contributed by atoms with Gasteiger partial charge in [0.05, 0.1) is 11.3 Å². The molecule has 1 rings (SSSR count). The summed E-state index contributed by atoms with van der Waals surface area (Å²) < 4.78 is 4.88. The first-order valence-electron chi connectivity index (χ1n) is 5.27. The molecule has 0 saturated carbocycles. The summed E-state index contributed by atoms with van der Waals surface area (Å²) in [7, 11) is 1.58. The van der Waals surface area contributed by atoms with Crippen molar-refractivity contribution in [2.75, 3.05) is 25.6 Å². The summed E-state index contributed by atoms with van der Waals surface area (Å²) >= 11 is 0. The topological polar surface area (TPSA) is 109 Å². The Kier molecular flexibility index (Phi) is 4.79. The van der Waals surface area contributed by atoms with Gasteiger partial charge >= 0.3 is 0 Å². The van der Waals surface area contributed by atoms with Crippen molar-refractivity contribution in [1.82, 2.24) is 0 Å². The van der Waals surface area contributed by atoms with Crippen LogP contribution in [0.25, 0.3) is 0 Å². The van der Waals surface area contributed by atoms with Crippen LogP contribution in [0.2, 0.25) is 0 Å². The molecule has 0 aliphatic rings. The molecule has 0 unspecified atom stereocenters. The Balaban J connectivity index is 3.05. The summed E-state index contributed by atoms with van der Waals surface area (Å²) in [6.07, 6.45) is 0.688. The Hall–Kier alpha value is -2.44. The smallest absolute Gasteiger partial charge is 0.177 e. The van der Waals surface area contributed by atoms with Crippen LogP contribution in [0, 0.1) is 22.7 Å². The minimum absolute atomic E-state index is 0.110. The molecule has 18 heavy (non-hydrogen) atoms. The predicted molar refractivity (Wildman–Crippen MR) is 64.2 cm³/mol. The van der Waals surface area contributed by atoms with Crippen molar-refractivity contribution >= 4 is 5.69 Å². The molecule has 1 aromatic rings. The van der Waals surface area contributed by atoms with Crippen molar-refractivity contribution in [1.29, 1.82) is 10.5 Å². The van der Waals surface area contributed by atoms with Gasteiger partial charge in [0.25, 0.3) is 0 Å². The Morgan fingerprint density at radius 1 is 1.33 bits per heavy atom. The molecular formula is C12H13N3O3. The van der Waals surface area contributed by atoms with E-state index in [0.29, 0.717) is 19.6 Å². The van der Waals surface area contributed by atoms with E-state index < -0.39 is 11.5 Å². The van der Waals surface area contributed by atoms with Gasteiger partial charge in [-0.15, -0.1) is 0 Å². The molecule has 0 saturated heterocycles. The van der Waals surface area contributed by atoms with Crippen LogP contribution < -0.4 is 5.32 Å². The van der Waals surface area contributed by atoms with Crippen LogP contribution in [0.15, 0.2) is 6.07 Å². The van der Waals surface area contributed by atoms with E-state index >= 15 is 0 Å². The number of phenolic OH excluding ortho intramolecular Hbond substituents is 2. The molecule has 0 spiro atoms. The molecule has 6 heteroatoms. The highest BCUT2D eigenvalue weighted by Crippen LogP contribution is 2.36. The van der Waals surface area contributed by atoms with Crippen molar-refractivity contribution in [2.24, 2.45) is 0 Å². The van der Waals surface area contributed by atoms with Crippen molar-refractivity contribution < 1.29 is 14.9 Å². The number of methoxy groups -OCH3 is 1. The van der Waals surface area contributed by atoms with E-state index in [2.05, 4.69) is 5.32 Å². The first-order chi connectivity index (χ1) is 8.65. The fraction of sp³-hybridized carbons (Fsp3) is 0.333. The van der Waals surface area contributed by atoms with Crippen LogP contribution in [0.1, 0.15) is 17.5 Å². The van der Waals surface area contributed by atoms with Gasteiger partial charge < -0.3 is 20.3 Å². The SMILES string of the molecule is COCCCNc1c(C#N)cc(O)c(O)c1C#N. The molecule has 0 bridgehead atoms. The molecule has 94 valence electrons. The van der Waals surface area contributed by atoms with E-state index in [1.165, 1.54) is 0 Å². The molecule has 3 N–H and O–H groups in total. The maximum atomic E-state index is 9.55. The second-order valence-corrected chi connectivity index (χ2v) is 3.54. The number of aromatic hydroxyl groups is 2. The number of nitriles is 2. The first kappa shape index (κ1) is 13.6. The van der Waals surface area contributed by atoms with Gasteiger partial charge in [0.2, 0.25) is 0 Å². The average Bonchev–Trinajstić information content (AvgIpc) is 2.38. The van der Waals surface area contributed by atoms with Crippen LogP contribution in [0.5, 0.6) is 11.5 Å². The van der Waals surface area contributed by atoms with Crippen LogP contribution >= 0.6 is 0 Å². The fourth-order valence-electron chi connectivity index (χ4n) is 1.47. The quantitative estimate of drug-likeness (QED) is 0.411. The number of hydrogen-bond acceptors (Lipinski definition) is 6. The molecule has 0 aliphatic heterocycles. The van der Waals surface area contributed by atoms with Gasteiger partial charge in [0.1, 0.15) is 17.7 Å². The normalized spacial score (nSPS) is 9.50. The van der Waals surface area contributed by atoms with Gasteiger partial charge in [0, 0.05) is 26.3 Å². The van der Waals surface area contributed by atoms with E-state index in [-0.39, 0.29) is 16.8 Å². The van der Waals surface area contributed by atoms with Crippen molar-refractivity contribution in [2.45, 2.75) is 6.42 Å². The zero-order chi connectivity index (χ0) is 13.5. The Morgan fingerprint density at radius 2 is 2.06 bits per heavy atom. The lowest BCUT2D eigenvalue weighted by Gasteiger charge is -2.11. The summed E-state index contributed by atoms with van der Waals surface area (Å²) in [5.74, 6) is -1.00. The lowest BCUT2D eigenvalue weighted by atomic mass is 10.1. The molecule has 0 amide bonds. The van der Waals surface area contributed by atoms with E-state index in [0.717, 1.165) is 6.07 Å². The van der Waals surface area contributed by atoms with E-state index in [1.807, 2.05) is 6.07 Å². The summed E-state index contributed by atoms with van der Waals surface area (Å²) in [5, 5.41) is 39.7. The monoisotopic (exact) mass is 247 g/mol. The zero-order valence-corrected chi connectivity index (χ0v) is 9.90. The summed E-state index contributed by atoms with van der Waals surface area (Å²) in [5.41, 5.74) is 0.203. The Bertz CT molecular complexity index is 515. The van der Waals surface area contributed by atoms with Gasteiger partial charge in [-0.3, -0.25) is 0 Å². The largest absolute Gasteiger partial charge is 0.504 e. The second-order valence-electron chi connectivity index (χ2n) is 3.54. The van der Waals surface area contributed by atoms with Gasteiger partial charge in [-0.25, -0.2) is 0 Å². The van der Waals surface area contributed by atoms with Gasteiger partial charge in [0.15, 0.2) is 11.5 Å². The van der Waals surface area contributed by atoms with Crippen LogP contribution in [-0.4, -0.2) is 30.5 Å². The maximum Gasteiger partial charge on any atom is 0.177 e. The van der Waals surface area contributed by atoms with Crippen molar-refractivity contribution in [3.63, 3.8) is 0 Å². The molecule has 0 heterocycles. The average molecular weight is 247 g/mol. The van der Waals surface area contributed by atoms with Gasteiger partial charge in [-0.2, -0.15) is 10.5 Å². The number of nitrogens with zero attached hydrogens (tertiary/aromatic N) is 2. The minimum Gasteiger partial charge on any atom is -0.504 e. The number of phenols is 2. The standard InChI is InChI=1S/C12H13N3O3/c1-18-4-2-3-15-11-8(6-13)5-10(16)12(17)9(11)7-14/h5,15-17H,2-4H2,1H3. The summed E-state index contributed by atoms with van der Waals surface area (Å²) in [6.45, 7) is 1.03. The van der Waals surface area contributed by atoms with Crippen LogP contribution in [-0.2, 0) is 4.74 Å². The van der Waals surface area contributed by atoms with E-state index in [1.54, 1.807) is 13.2 Å². The zero-order valence-electron chi connectivity index (χ0n) is 9.90. The van der Waals surface area contributed by atoms with E-state index in [4.69, 9.17) is 15.3 Å². The molecular weight excluding hydrogens is 234 g/mol. The number of benzene rings is 1. The fourth-order valence-corrected chi connectivity index (χ4v) is 1.47. The highest BCUT2D eigenvalue weighted by Gasteiger charge is 2.16. The summed E-state index contributed by atoms with van der Waals surface area (Å²) in [4.78, 5) is 0. The van der Waals surface area contributed by atoms with Crippen LogP contribution in [0.4, 0.5) is 5.69 Å². The minimum atomic E-state index is -0.522. The molecule has 6 nitrogen and oxygen atoms in total. The van der Waals surface area contributed by atoms with Crippen molar-refractivity contribution in [3.8, 4) is 23.6 Å². The molecule has 1 aromatic carbocycles. The number of anilines is 1. The predicted octanol–water partition coefficient (Wildman–Crippen LogP) is 1.29. The lowest BCUT2D eigenvalue weighted by Crippen LogP contribution is -2.07. The number of rotatable bonds is 5. The van der Waals surface area contributed by atoms with Crippen molar-refractivity contribution in [3.05, 3.63) is 17.2 Å². The van der Waals surface area contributed by atoms with Gasteiger partial charge in [-0.1, -0.05) is 0 Å². The van der Waals surface area contributed by atoms with E-state index in [9.17, 15) is 10.2 Å².